The number of nitrogens with zero attached hydrogens (tertiary/aromatic N) is 3. The fourth-order valence-electron chi connectivity index (χ4n) is 3.83. The van der Waals surface area contributed by atoms with Crippen molar-refractivity contribution >= 4 is 23.1 Å². The molecule has 122 valence electrons. The maximum atomic E-state index is 13.0. The van der Waals surface area contributed by atoms with Crippen LogP contribution in [0.4, 0.5) is 8.78 Å². The highest BCUT2D eigenvalue weighted by Gasteiger charge is 2.61. The van der Waals surface area contributed by atoms with Crippen molar-refractivity contribution in [2.75, 3.05) is 5.75 Å². The van der Waals surface area contributed by atoms with Gasteiger partial charge in [-0.3, -0.25) is 0 Å². The lowest BCUT2D eigenvalue weighted by molar-refractivity contribution is -0.203. The molecule has 0 atom stereocenters. The van der Waals surface area contributed by atoms with E-state index in [0.29, 0.717) is 11.7 Å². The van der Waals surface area contributed by atoms with Gasteiger partial charge in [-0.1, -0.05) is 0 Å². The summed E-state index contributed by atoms with van der Waals surface area (Å²) in [6, 6.07) is 1.79. The van der Waals surface area contributed by atoms with Gasteiger partial charge in [0.05, 0.1) is 5.69 Å². The van der Waals surface area contributed by atoms with Crippen molar-refractivity contribution in [2.45, 2.75) is 37.4 Å². The summed E-state index contributed by atoms with van der Waals surface area (Å²) in [5, 5.41) is 2.90. The van der Waals surface area contributed by atoms with E-state index in [0.717, 1.165) is 35.0 Å². The van der Waals surface area contributed by atoms with E-state index < -0.39 is 5.92 Å². The highest BCUT2D eigenvalue weighted by Crippen LogP contribution is 2.64. The number of aromatic nitrogens is 3. The third-order valence-electron chi connectivity index (χ3n) is 4.62. The third-order valence-corrected chi connectivity index (χ3v) is 6.72. The van der Waals surface area contributed by atoms with E-state index in [2.05, 4.69) is 15.0 Å². The number of alkyl halides is 2. The Morgan fingerprint density at radius 1 is 1.22 bits per heavy atom. The lowest BCUT2D eigenvalue weighted by atomic mass is 9.51. The zero-order valence-electron chi connectivity index (χ0n) is 12.5. The lowest BCUT2D eigenvalue weighted by Crippen LogP contribution is -2.54. The number of thioether (sulfide) groups is 1. The van der Waals surface area contributed by atoms with E-state index >= 15 is 0 Å². The van der Waals surface area contributed by atoms with Crippen molar-refractivity contribution in [3.63, 3.8) is 0 Å². The molecule has 4 rings (SSSR count). The highest BCUT2D eigenvalue weighted by molar-refractivity contribution is 7.98. The number of hydrogen-bond acceptors (Lipinski definition) is 5. The molecule has 0 aromatic carbocycles. The van der Waals surface area contributed by atoms with Crippen LogP contribution in [0.25, 0.3) is 10.8 Å². The number of hydrogen-bond donors (Lipinski definition) is 0. The number of thiazole rings is 1. The highest BCUT2D eigenvalue weighted by atomic mass is 32.2. The molecule has 0 aliphatic heterocycles. The maximum Gasteiger partial charge on any atom is 0.249 e. The summed E-state index contributed by atoms with van der Waals surface area (Å²) in [6.07, 6.45) is 5.63. The topological polar surface area (TPSA) is 38.7 Å². The predicted octanol–water partition coefficient (Wildman–Crippen LogP) is 4.66. The first-order chi connectivity index (χ1) is 11.0. The van der Waals surface area contributed by atoms with Crippen LogP contribution in [0.2, 0.25) is 0 Å². The Labute approximate surface area is 142 Å². The third kappa shape index (κ3) is 3.26. The summed E-state index contributed by atoms with van der Waals surface area (Å²) in [5.41, 5.74) is 1.04. The largest absolute Gasteiger partial charge is 0.249 e. The SMILES string of the molecule is FC1(F)CC2(CC(CSCc3csc(-c4ncccn4)n3)C2)C1. The first-order valence-corrected chi connectivity index (χ1v) is 9.75. The van der Waals surface area contributed by atoms with E-state index in [1.807, 2.05) is 17.1 Å². The minimum absolute atomic E-state index is 0.00677. The van der Waals surface area contributed by atoms with Gasteiger partial charge in [0.25, 0.3) is 0 Å². The van der Waals surface area contributed by atoms with Crippen molar-refractivity contribution in [2.24, 2.45) is 11.3 Å². The molecule has 0 radical (unpaired) electrons. The lowest BCUT2D eigenvalue weighted by Gasteiger charge is -2.57. The summed E-state index contributed by atoms with van der Waals surface area (Å²) < 4.78 is 25.9. The fourth-order valence-corrected chi connectivity index (χ4v) is 5.75. The van der Waals surface area contributed by atoms with Gasteiger partial charge in [0.2, 0.25) is 5.92 Å². The molecule has 2 aliphatic rings. The molecule has 7 heteroatoms. The molecule has 2 aromatic rings. The molecule has 2 saturated carbocycles. The Kier molecular flexibility index (Phi) is 3.88. The molecular formula is C16H17F2N3S2. The Hall–Kier alpha value is -1.08. The summed E-state index contributed by atoms with van der Waals surface area (Å²) in [7, 11) is 0. The van der Waals surface area contributed by atoms with E-state index in [1.165, 1.54) is 0 Å². The molecule has 0 amide bonds. The summed E-state index contributed by atoms with van der Waals surface area (Å²) >= 11 is 3.41. The summed E-state index contributed by atoms with van der Waals surface area (Å²) in [4.78, 5) is 13.0. The van der Waals surface area contributed by atoms with Crippen molar-refractivity contribution < 1.29 is 8.78 Å². The van der Waals surface area contributed by atoms with Crippen LogP contribution in [0.3, 0.4) is 0 Å². The molecule has 0 unspecified atom stereocenters. The van der Waals surface area contributed by atoms with Crippen LogP contribution in [0.15, 0.2) is 23.8 Å². The van der Waals surface area contributed by atoms with E-state index in [4.69, 9.17) is 0 Å². The quantitative estimate of drug-likeness (QED) is 0.784. The Balaban J connectivity index is 1.22. The molecule has 23 heavy (non-hydrogen) atoms. The van der Waals surface area contributed by atoms with E-state index in [-0.39, 0.29) is 18.3 Å². The second kappa shape index (κ2) is 5.77. The predicted molar refractivity (Wildman–Crippen MR) is 88.6 cm³/mol. The summed E-state index contributed by atoms with van der Waals surface area (Å²) in [6.45, 7) is 0. The van der Waals surface area contributed by atoms with E-state index in [1.54, 1.807) is 29.8 Å². The van der Waals surface area contributed by atoms with Crippen molar-refractivity contribution in [1.29, 1.82) is 0 Å². The van der Waals surface area contributed by atoms with Crippen LogP contribution < -0.4 is 0 Å². The van der Waals surface area contributed by atoms with Gasteiger partial charge in [-0.05, 0) is 36.0 Å². The van der Waals surface area contributed by atoms with Crippen LogP contribution in [-0.2, 0) is 5.75 Å². The first kappa shape index (κ1) is 15.4. The molecular weight excluding hydrogens is 336 g/mol. The number of halogens is 2. The van der Waals surface area contributed by atoms with Crippen LogP contribution in [0, 0.1) is 11.3 Å². The van der Waals surface area contributed by atoms with Gasteiger partial charge in [0.1, 0.15) is 0 Å². The number of rotatable bonds is 5. The van der Waals surface area contributed by atoms with Gasteiger partial charge in [-0.2, -0.15) is 11.8 Å². The Morgan fingerprint density at radius 2 is 1.96 bits per heavy atom. The van der Waals surface area contributed by atoms with Crippen LogP contribution >= 0.6 is 23.1 Å². The Bertz CT molecular complexity index is 674. The van der Waals surface area contributed by atoms with Gasteiger partial charge in [0.15, 0.2) is 10.8 Å². The average molecular weight is 353 g/mol. The molecule has 1 spiro atoms. The van der Waals surface area contributed by atoms with Crippen LogP contribution in [0.1, 0.15) is 31.4 Å². The molecule has 0 saturated heterocycles. The van der Waals surface area contributed by atoms with Gasteiger partial charge in [-0.15, -0.1) is 11.3 Å². The van der Waals surface area contributed by atoms with Gasteiger partial charge in [-0.25, -0.2) is 23.7 Å². The van der Waals surface area contributed by atoms with Crippen molar-refractivity contribution in [3.8, 4) is 10.8 Å². The standard InChI is InChI=1S/C16H17F2N3S2/c17-16(18)9-15(10-16)4-11(5-15)6-22-7-12-8-23-14(21-12)13-19-2-1-3-20-13/h1-3,8,11H,4-7,9-10H2. The van der Waals surface area contributed by atoms with Crippen LogP contribution in [0.5, 0.6) is 0 Å². The van der Waals surface area contributed by atoms with Gasteiger partial charge >= 0.3 is 0 Å². The average Bonchev–Trinajstić information content (AvgIpc) is 2.93. The molecule has 2 fully saturated rings. The Morgan fingerprint density at radius 3 is 2.65 bits per heavy atom. The first-order valence-electron chi connectivity index (χ1n) is 7.71. The van der Waals surface area contributed by atoms with Crippen LogP contribution in [-0.4, -0.2) is 26.6 Å². The second-order valence-electron chi connectivity index (χ2n) is 6.72. The molecule has 2 aromatic heterocycles. The monoisotopic (exact) mass is 353 g/mol. The zero-order chi connectivity index (χ0) is 15.9. The minimum Gasteiger partial charge on any atom is -0.237 e. The normalized spacial score (nSPS) is 21.8. The molecule has 2 aliphatic carbocycles. The second-order valence-corrected chi connectivity index (χ2v) is 8.60. The summed E-state index contributed by atoms with van der Waals surface area (Å²) in [5.74, 6) is 0.798. The minimum atomic E-state index is -2.38. The van der Waals surface area contributed by atoms with Gasteiger partial charge < -0.3 is 0 Å². The fraction of sp³-hybridized carbons (Fsp3) is 0.562. The molecule has 0 N–H and O–H groups in total. The van der Waals surface area contributed by atoms with E-state index in [9.17, 15) is 8.78 Å². The zero-order valence-corrected chi connectivity index (χ0v) is 14.2. The van der Waals surface area contributed by atoms with Crippen molar-refractivity contribution in [3.05, 3.63) is 29.5 Å². The molecule has 0 bridgehead atoms. The van der Waals surface area contributed by atoms with Gasteiger partial charge in [0, 0.05) is 36.4 Å². The van der Waals surface area contributed by atoms with Crippen molar-refractivity contribution in [1.82, 2.24) is 15.0 Å². The smallest absolute Gasteiger partial charge is 0.237 e. The molecule has 2 heterocycles. The maximum absolute atomic E-state index is 13.0. The molecule has 3 nitrogen and oxygen atoms in total.